The molecule has 27 heavy (non-hydrogen) atoms. The zero-order valence-corrected chi connectivity index (χ0v) is 16.3. The Balaban J connectivity index is 1.83. The van der Waals surface area contributed by atoms with Crippen molar-refractivity contribution in [1.29, 1.82) is 0 Å². The van der Waals surface area contributed by atoms with E-state index in [1.54, 1.807) is 0 Å². The number of benzene rings is 2. The number of nitrogens with zero attached hydrogens (tertiary/aromatic N) is 1. The lowest BCUT2D eigenvalue weighted by Crippen LogP contribution is -2.01. The molecule has 1 heterocycles. The second kappa shape index (κ2) is 9.72. The second-order valence-electron chi connectivity index (χ2n) is 6.43. The van der Waals surface area contributed by atoms with Gasteiger partial charge in [-0.3, -0.25) is 0 Å². The first-order valence-electron chi connectivity index (χ1n) is 8.99. The van der Waals surface area contributed by atoms with E-state index in [1.807, 2.05) is 24.3 Å². The molecule has 5 heteroatoms. The predicted molar refractivity (Wildman–Crippen MR) is 110 cm³/mol. The molecule has 3 aromatic rings. The van der Waals surface area contributed by atoms with Crippen molar-refractivity contribution in [2.75, 3.05) is 12.8 Å². The average Bonchev–Trinajstić information content (AvgIpc) is 2.69. The van der Waals surface area contributed by atoms with Crippen molar-refractivity contribution < 1.29 is 14.5 Å². The minimum atomic E-state index is -1.83. The lowest BCUT2D eigenvalue weighted by atomic mass is 9.98. The summed E-state index contributed by atoms with van der Waals surface area (Å²) in [6.07, 6.45) is 1.01. The lowest BCUT2D eigenvalue weighted by Gasteiger charge is -2.12. The van der Waals surface area contributed by atoms with Gasteiger partial charge in [0, 0.05) is 23.9 Å². The Morgan fingerprint density at radius 3 is 2.33 bits per heavy atom. The summed E-state index contributed by atoms with van der Waals surface area (Å²) in [5.41, 5.74) is 6.33. The summed E-state index contributed by atoms with van der Waals surface area (Å²) in [7, 11) is -1.83. The van der Waals surface area contributed by atoms with Crippen LogP contribution in [0, 0.1) is 6.92 Å². The Hall–Kier alpha value is -2.10. The van der Waals surface area contributed by atoms with Gasteiger partial charge in [-0.2, -0.15) is 0 Å². The first-order valence-corrected chi connectivity index (χ1v) is 10.4. The van der Waals surface area contributed by atoms with Gasteiger partial charge in [-0.05, 0) is 25.0 Å². The minimum Gasteiger partial charge on any atom is -0.375 e. The van der Waals surface area contributed by atoms with E-state index < -0.39 is 8.38 Å². The molecule has 0 saturated heterocycles. The quantitative estimate of drug-likeness (QED) is 0.429. The van der Waals surface area contributed by atoms with Gasteiger partial charge >= 0.3 is 0 Å². The molecule has 0 aliphatic heterocycles. The van der Waals surface area contributed by atoms with Gasteiger partial charge < -0.3 is 14.5 Å². The minimum absolute atomic E-state index is 0.379. The van der Waals surface area contributed by atoms with Gasteiger partial charge in [0.1, 0.15) is 0 Å². The number of aromatic nitrogens is 1. The van der Waals surface area contributed by atoms with Gasteiger partial charge in [-0.25, -0.2) is 4.98 Å². The molecule has 0 aliphatic rings. The molecular weight excluding hydrogens is 357 g/mol. The summed E-state index contributed by atoms with van der Waals surface area (Å²) in [5, 5.41) is 0. The van der Waals surface area contributed by atoms with Crippen LogP contribution in [0.25, 0.3) is 22.4 Å². The maximum Gasteiger partial charge on any atom is 0.165 e. The molecular formula is C22H24NO3P. The molecule has 0 aliphatic carbocycles. The topological polar surface area (TPSA) is 62.6 Å². The molecule has 1 aromatic heterocycles. The van der Waals surface area contributed by atoms with Crippen LogP contribution < -0.4 is 0 Å². The van der Waals surface area contributed by atoms with Gasteiger partial charge in [-0.15, -0.1) is 0 Å². The van der Waals surface area contributed by atoms with Crippen LogP contribution in [-0.4, -0.2) is 27.5 Å². The molecule has 0 bridgehead atoms. The van der Waals surface area contributed by atoms with E-state index in [9.17, 15) is 0 Å². The molecule has 0 radical (unpaired) electrons. The van der Waals surface area contributed by atoms with E-state index in [2.05, 4.69) is 49.4 Å². The molecule has 2 aromatic carbocycles. The summed E-state index contributed by atoms with van der Waals surface area (Å²) in [6, 6.07) is 22.7. The molecule has 140 valence electrons. The van der Waals surface area contributed by atoms with Crippen LogP contribution in [0.5, 0.6) is 0 Å². The highest BCUT2D eigenvalue weighted by Gasteiger charge is 2.11. The normalized spacial score (nSPS) is 11.1. The fourth-order valence-electron chi connectivity index (χ4n) is 2.85. The summed E-state index contributed by atoms with van der Waals surface area (Å²) in [6.45, 7) is 2.97. The number of pyridine rings is 1. The third-order valence-corrected chi connectivity index (χ3v) is 4.98. The largest absolute Gasteiger partial charge is 0.375 e. The van der Waals surface area contributed by atoms with Gasteiger partial charge in [-0.1, -0.05) is 66.2 Å². The zero-order valence-electron chi connectivity index (χ0n) is 15.4. The van der Waals surface area contributed by atoms with Crippen molar-refractivity contribution in [3.05, 3.63) is 78.0 Å². The van der Waals surface area contributed by atoms with Crippen LogP contribution in [0.3, 0.4) is 0 Å². The molecule has 0 fully saturated rings. The standard InChI is InChI=1S/C22H24NO3P/c1-17-8-10-18(11-9-17)21-13-12-20(16-26-14-5-15-27(24)25)23-22(21)19-6-3-2-4-7-19/h2-4,6-13,24-25H,5,14-16H2,1H3. The first-order chi connectivity index (χ1) is 13.1. The predicted octanol–water partition coefficient (Wildman–Crippen LogP) is 4.93. The van der Waals surface area contributed by atoms with E-state index >= 15 is 0 Å². The molecule has 0 saturated carbocycles. The molecule has 0 unspecified atom stereocenters. The van der Waals surface area contributed by atoms with E-state index in [1.165, 1.54) is 5.56 Å². The number of hydrogen-bond donors (Lipinski definition) is 2. The fourth-order valence-corrected chi connectivity index (χ4v) is 3.26. The Kier molecular flexibility index (Phi) is 7.08. The Labute approximate surface area is 161 Å². The molecule has 2 N–H and O–H groups in total. The monoisotopic (exact) mass is 381 g/mol. The van der Waals surface area contributed by atoms with Crippen LogP contribution in [0.2, 0.25) is 0 Å². The van der Waals surface area contributed by atoms with Crippen molar-refractivity contribution in [1.82, 2.24) is 4.98 Å². The summed E-state index contributed by atoms with van der Waals surface area (Å²) in [4.78, 5) is 22.7. The highest BCUT2D eigenvalue weighted by molar-refractivity contribution is 7.45. The van der Waals surface area contributed by atoms with Crippen LogP contribution in [0.1, 0.15) is 17.7 Å². The zero-order chi connectivity index (χ0) is 19.1. The Morgan fingerprint density at radius 1 is 0.889 bits per heavy atom. The first kappa shape index (κ1) is 19.7. The van der Waals surface area contributed by atoms with E-state index in [0.717, 1.165) is 28.1 Å². The maximum absolute atomic E-state index is 8.94. The van der Waals surface area contributed by atoms with Crippen molar-refractivity contribution in [3.63, 3.8) is 0 Å². The highest BCUT2D eigenvalue weighted by atomic mass is 31.2. The molecule has 0 amide bonds. The average molecular weight is 381 g/mol. The SMILES string of the molecule is Cc1ccc(-c2ccc(COCCCP(O)O)nc2-c2ccccc2)cc1. The van der Waals surface area contributed by atoms with Crippen molar-refractivity contribution in [2.24, 2.45) is 0 Å². The van der Waals surface area contributed by atoms with Crippen molar-refractivity contribution >= 4 is 8.38 Å². The number of ether oxygens (including phenoxy) is 1. The van der Waals surface area contributed by atoms with Crippen LogP contribution in [0.15, 0.2) is 66.7 Å². The van der Waals surface area contributed by atoms with Crippen LogP contribution in [-0.2, 0) is 11.3 Å². The van der Waals surface area contributed by atoms with Crippen LogP contribution in [0.4, 0.5) is 0 Å². The molecule has 0 atom stereocenters. The molecule has 0 spiro atoms. The maximum atomic E-state index is 8.94. The van der Waals surface area contributed by atoms with E-state index in [4.69, 9.17) is 19.5 Å². The smallest absolute Gasteiger partial charge is 0.165 e. The van der Waals surface area contributed by atoms with Crippen LogP contribution >= 0.6 is 8.38 Å². The fraction of sp³-hybridized carbons (Fsp3) is 0.227. The molecule has 3 rings (SSSR count). The molecule has 4 nitrogen and oxygen atoms in total. The Morgan fingerprint density at radius 2 is 1.63 bits per heavy atom. The van der Waals surface area contributed by atoms with E-state index in [-0.39, 0.29) is 0 Å². The highest BCUT2D eigenvalue weighted by Crippen LogP contribution is 2.31. The van der Waals surface area contributed by atoms with Crippen molar-refractivity contribution in [3.8, 4) is 22.4 Å². The number of hydrogen-bond acceptors (Lipinski definition) is 4. The van der Waals surface area contributed by atoms with Gasteiger partial charge in [0.2, 0.25) is 0 Å². The summed E-state index contributed by atoms with van der Waals surface area (Å²) < 4.78 is 5.65. The van der Waals surface area contributed by atoms with E-state index in [0.29, 0.717) is 25.8 Å². The summed E-state index contributed by atoms with van der Waals surface area (Å²) in [5.74, 6) is 0. The Bertz CT molecular complexity index is 851. The second-order valence-corrected chi connectivity index (χ2v) is 7.62. The third kappa shape index (κ3) is 5.69. The lowest BCUT2D eigenvalue weighted by molar-refractivity contribution is 0.119. The van der Waals surface area contributed by atoms with Gasteiger partial charge in [0.15, 0.2) is 8.38 Å². The van der Waals surface area contributed by atoms with Gasteiger partial charge in [0.25, 0.3) is 0 Å². The number of rotatable bonds is 8. The third-order valence-electron chi connectivity index (χ3n) is 4.26. The van der Waals surface area contributed by atoms with Gasteiger partial charge in [0.05, 0.1) is 18.0 Å². The number of aryl methyl sites for hydroxylation is 1. The summed E-state index contributed by atoms with van der Waals surface area (Å²) >= 11 is 0. The van der Waals surface area contributed by atoms with Crippen molar-refractivity contribution in [2.45, 2.75) is 20.0 Å².